The zero-order chi connectivity index (χ0) is 25.2. The van der Waals surface area contributed by atoms with Crippen LogP contribution < -0.4 is 9.62 Å². The summed E-state index contributed by atoms with van der Waals surface area (Å²) in [5.74, 6) is -0.454. The third-order valence-electron chi connectivity index (χ3n) is 6.31. The number of para-hydroxylation sites is 1. The zero-order valence-corrected chi connectivity index (χ0v) is 20.9. The van der Waals surface area contributed by atoms with Gasteiger partial charge in [0, 0.05) is 25.7 Å². The first kappa shape index (κ1) is 24.5. The topological polar surface area (TPSA) is 86.8 Å². The Morgan fingerprint density at radius 3 is 2.14 bits per heavy atom. The molecular formula is C27H29N3O4S. The molecule has 1 aliphatic heterocycles. The van der Waals surface area contributed by atoms with Gasteiger partial charge in [0.15, 0.2) is 0 Å². The number of carbonyl (C=O) groups excluding carboxylic acids is 2. The number of nitrogens with one attached hydrogen (secondary N) is 1. The Morgan fingerprint density at radius 2 is 1.51 bits per heavy atom. The summed E-state index contributed by atoms with van der Waals surface area (Å²) < 4.78 is 27.1. The molecule has 1 heterocycles. The van der Waals surface area contributed by atoms with E-state index in [-0.39, 0.29) is 16.7 Å². The summed E-state index contributed by atoms with van der Waals surface area (Å²) in [7, 11) is -2.25. The van der Waals surface area contributed by atoms with Crippen molar-refractivity contribution in [3.8, 4) is 0 Å². The minimum absolute atomic E-state index is 0.0835. The number of aryl methyl sites for hydroxylation is 2. The summed E-state index contributed by atoms with van der Waals surface area (Å²) in [6.07, 6.45) is 1.97. The standard InChI is InChI=1S/C27H29N3O4S/c1-19-9-15-23(16-10-19)35(33,34)29(3)22-13-11-21(12-14-22)26(31)28-25-20(2)7-6-8-24(25)27(32)30-17-4-5-18-30/h6-16H,4-5,17-18H2,1-3H3,(H,28,31). The molecule has 0 bridgehead atoms. The van der Waals surface area contributed by atoms with Crippen LogP contribution in [0.15, 0.2) is 71.6 Å². The molecule has 0 spiro atoms. The van der Waals surface area contributed by atoms with E-state index in [4.69, 9.17) is 0 Å². The summed E-state index contributed by atoms with van der Waals surface area (Å²) >= 11 is 0. The van der Waals surface area contributed by atoms with Gasteiger partial charge in [0.1, 0.15) is 0 Å². The molecule has 3 aromatic carbocycles. The Balaban J connectivity index is 1.53. The molecule has 0 aromatic heterocycles. The van der Waals surface area contributed by atoms with Crippen LogP contribution >= 0.6 is 0 Å². The van der Waals surface area contributed by atoms with Crippen LogP contribution in [0, 0.1) is 13.8 Å². The smallest absolute Gasteiger partial charge is 0.264 e. The summed E-state index contributed by atoms with van der Waals surface area (Å²) in [6.45, 7) is 5.19. The van der Waals surface area contributed by atoms with E-state index < -0.39 is 10.0 Å². The molecule has 3 aromatic rings. The van der Waals surface area contributed by atoms with Crippen molar-refractivity contribution >= 4 is 33.2 Å². The van der Waals surface area contributed by atoms with Crippen LogP contribution in [0.25, 0.3) is 0 Å². The van der Waals surface area contributed by atoms with Crippen LogP contribution in [0.2, 0.25) is 0 Å². The lowest BCUT2D eigenvalue weighted by Crippen LogP contribution is -2.29. The molecule has 2 amide bonds. The molecule has 1 N–H and O–H groups in total. The second kappa shape index (κ2) is 9.92. The van der Waals surface area contributed by atoms with E-state index >= 15 is 0 Å². The summed E-state index contributed by atoms with van der Waals surface area (Å²) in [5, 5.41) is 2.89. The van der Waals surface area contributed by atoms with E-state index in [0.29, 0.717) is 22.5 Å². The van der Waals surface area contributed by atoms with E-state index in [1.165, 1.54) is 11.4 Å². The van der Waals surface area contributed by atoms with Crippen LogP contribution in [-0.2, 0) is 10.0 Å². The fourth-order valence-electron chi connectivity index (χ4n) is 4.12. The maximum atomic E-state index is 13.0. The quantitative estimate of drug-likeness (QED) is 0.545. The first-order valence-electron chi connectivity index (χ1n) is 11.5. The van der Waals surface area contributed by atoms with Crippen LogP contribution in [0.3, 0.4) is 0 Å². The average Bonchev–Trinajstić information content (AvgIpc) is 3.40. The minimum Gasteiger partial charge on any atom is -0.339 e. The molecule has 8 heteroatoms. The monoisotopic (exact) mass is 491 g/mol. The van der Waals surface area contributed by atoms with Gasteiger partial charge in [-0.3, -0.25) is 13.9 Å². The number of hydrogen-bond donors (Lipinski definition) is 1. The first-order valence-corrected chi connectivity index (χ1v) is 13.0. The largest absolute Gasteiger partial charge is 0.339 e. The lowest BCUT2D eigenvalue weighted by atomic mass is 10.1. The molecule has 1 aliphatic rings. The number of benzene rings is 3. The van der Waals surface area contributed by atoms with Crippen LogP contribution in [0.1, 0.15) is 44.7 Å². The normalized spacial score (nSPS) is 13.5. The molecular weight excluding hydrogens is 462 g/mol. The van der Waals surface area contributed by atoms with Crippen LogP contribution in [0.4, 0.5) is 11.4 Å². The number of rotatable bonds is 6. The third-order valence-corrected chi connectivity index (χ3v) is 8.11. The van der Waals surface area contributed by atoms with E-state index in [2.05, 4.69) is 5.32 Å². The van der Waals surface area contributed by atoms with E-state index in [9.17, 15) is 18.0 Å². The Bertz CT molecular complexity index is 1340. The zero-order valence-electron chi connectivity index (χ0n) is 20.1. The predicted molar refractivity (Wildman–Crippen MR) is 137 cm³/mol. The number of likely N-dealkylation sites (tertiary alicyclic amines) is 1. The highest BCUT2D eigenvalue weighted by Gasteiger charge is 2.24. The summed E-state index contributed by atoms with van der Waals surface area (Å²) in [5.41, 5.74) is 3.53. The van der Waals surface area contributed by atoms with Gasteiger partial charge in [-0.15, -0.1) is 0 Å². The fourth-order valence-corrected chi connectivity index (χ4v) is 5.31. The third kappa shape index (κ3) is 5.07. The van der Waals surface area contributed by atoms with Gasteiger partial charge in [-0.05, 0) is 74.7 Å². The number of hydrogen-bond acceptors (Lipinski definition) is 4. The SMILES string of the molecule is Cc1ccc(S(=O)(=O)N(C)c2ccc(C(=O)Nc3c(C)cccc3C(=O)N3CCCC3)cc2)cc1. The number of sulfonamides is 1. The van der Waals surface area contributed by atoms with Crippen molar-refractivity contribution in [1.29, 1.82) is 0 Å². The Labute approximate surface area is 206 Å². The second-order valence-corrected chi connectivity index (χ2v) is 10.8. The molecule has 35 heavy (non-hydrogen) atoms. The van der Waals surface area contributed by atoms with E-state index in [1.54, 1.807) is 54.6 Å². The number of carbonyl (C=O) groups is 2. The van der Waals surface area contributed by atoms with E-state index in [0.717, 1.165) is 37.1 Å². The van der Waals surface area contributed by atoms with Gasteiger partial charge in [0.25, 0.3) is 21.8 Å². The molecule has 1 fully saturated rings. The molecule has 0 atom stereocenters. The number of nitrogens with zero attached hydrogens (tertiary/aromatic N) is 2. The predicted octanol–water partition coefficient (Wildman–Crippen LogP) is 4.62. The van der Waals surface area contributed by atoms with Gasteiger partial charge in [-0.1, -0.05) is 29.8 Å². The highest BCUT2D eigenvalue weighted by Crippen LogP contribution is 2.26. The highest BCUT2D eigenvalue weighted by atomic mass is 32.2. The summed E-state index contributed by atoms with van der Waals surface area (Å²) in [4.78, 5) is 28.0. The minimum atomic E-state index is -3.73. The maximum Gasteiger partial charge on any atom is 0.264 e. The average molecular weight is 492 g/mol. The molecule has 7 nitrogen and oxygen atoms in total. The van der Waals surface area contributed by atoms with Gasteiger partial charge in [0.2, 0.25) is 0 Å². The van der Waals surface area contributed by atoms with Gasteiger partial charge in [-0.2, -0.15) is 0 Å². The van der Waals surface area contributed by atoms with Gasteiger partial charge in [-0.25, -0.2) is 8.42 Å². The fraction of sp³-hybridized carbons (Fsp3) is 0.259. The first-order chi connectivity index (χ1) is 16.7. The van der Waals surface area contributed by atoms with Crippen LogP contribution in [-0.4, -0.2) is 45.3 Å². The second-order valence-electron chi connectivity index (χ2n) is 8.78. The molecule has 0 saturated carbocycles. The Morgan fingerprint density at radius 1 is 0.886 bits per heavy atom. The summed E-state index contributed by atoms with van der Waals surface area (Å²) in [6, 6.07) is 18.4. The lowest BCUT2D eigenvalue weighted by Gasteiger charge is -2.20. The Kier molecular flexibility index (Phi) is 6.93. The Hall–Kier alpha value is -3.65. The van der Waals surface area contributed by atoms with Crippen molar-refractivity contribution in [1.82, 2.24) is 4.90 Å². The van der Waals surface area contributed by atoms with Crippen molar-refractivity contribution in [2.45, 2.75) is 31.6 Å². The highest BCUT2D eigenvalue weighted by molar-refractivity contribution is 7.92. The van der Waals surface area contributed by atoms with Crippen molar-refractivity contribution in [3.63, 3.8) is 0 Å². The lowest BCUT2D eigenvalue weighted by molar-refractivity contribution is 0.0793. The molecule has 1 saturated heterocycles. The van der Waals surface area contributed by atoms with Gasteiger partial charge >= 0.3 is 0 Å². The molecule has 0 aliphatic carbocycles. The van der Waals surface area contributed by atoms with Gasteiger partial charge in [0.05, 0.1) is 21.8 Å². The van der Waals surface area contributed by atoms with Gasteiger partial charge < -0.3 is 10.2 Å². The maximum absolute atomic E-state index is 13.0. The molecule has 182 valence electrons. The number of amides is 2. The van der Waals surface area contributed by atoms with Crippen molar-refractivity contribution < 1.29 is 18.0 Å². The number of anilines is 2. The molecule has 0 radical (unpaired) electrons. The molecule has 0 unspecified atom stereocenters. The van der Waals surface area contributed by atoms with Crippen molar-refractivity contribution in [3.05, 3.63) is 89.0 Å². The van der Waals surface area contributed by atoms with Crippen molar-refractivity contribution in [2.75, 3.05) is 29.8 Å². The van der Waals surface area contributed by atoms with Crippen molar-refractivity contribution in [2.24, 2.45) is 0 Å². The van der Waals surface area contributed by atoms with Crippen LogP contribution in [0.5, 0.6) is 0 Å². The van der Waals surface area contributed by atoms with E-state index in [1.807, 2.05) is 30.9 Å². The molecule has 4 rings (SSSR count).